The first-order chi connectivity index (χ1) is 23.8. The van der Waals surface area contributed by atoms with Crippen molar-refractivity contribution < 1.29 is 42.9 Å². The standard InChI is InChI=1S/C38H74NO9P/c1-3-5-7-9-11-13-15-17-19-21-23-25-27-29-36(40)45-31-34(32-46-49(44)47-33-35(39)38(42)43)48-37(41)30-28-26-24-22-20-18-16-14-12-10-8-6-4-2/h34-36,40H,3-33,39H2,1-2H3/p+1/t34-,35+,36?/m1/s1. The van der Waals surface area contributed by atoms with Crippen molar-refractivity contribution in [2.75, 3.05) is 19.8 Å². The normalized spacial score (nSPS) is 13.7. The molecule has 0 rings (SSSR count). The molecule has 0 aromatic carbocycles. The van der Waals surface area contributed by atoms with Crippen LogP contribution in [-0.4, -0.2) is 60.4 Å². The Morgan fingerprint density at radius 2 is 0.980 bits per heavy atom. The van der Waals surface area contributed by atoms with E-state index in [0.29, 0.717) is 6.42 Å². The largest absolute Gasteiger partial charge is 0.697 e. The lowest BCUT2D eigenvalue weighted by molar-refractivity contribution is -0.166. The minimum absolute atomic E-state index is 0.123. The second-order valence-corrected chi connectivity index (χ2v) is 14.6. The van der Waals surface area contributed by atoms with Gasteiger partial charge in [0.15, 0.2) is 12.4 Å². The topological polar surface area (TPSA) is 155 Å². The molecular formula is C38H75NO9P+. The molecule has 0 aliphatic rings. The molecule has 0 saturated heterocycles. The van der Waals surface area contributed by atoms with Crippen molar-refractivity contribution in [3.8, 4) is 0 Å². The Morgan fingerprint density at radius 1 is 0.592 bits per heavy atom. The Labute approximate surface area is 300 Å². The summed E-state index contributed by atoms with van der Waals surface area (Å²) in [6, 6.07) is -1.33. The molecule has 4 N–H and O–H groups in total. The molecule has 0 bridgehead atoms. The molecule has 0 aliphatic heterocycles. The van der Waals surface area contributed by atoms with E-state index in [-0.39, 0.29) is 19.6 Å². The molecule has 0 aromatic rings. The molecular weight excluding hydrogens is 645 g/mol. The molecule has 2 unspecified atom stereocenters. The van der Waals surface area contributed by atoms with Gasteiger partial charge in [-0.05, 0) is 19.3 Å². The van der Waals surface area contributed by atoms with E-state index in [1.165, 1.54) is 128 Å². The van der Waals surface area contributed by atoms with Gasteiger partial charge in [-0.15, -0.1) is 9.05 Å². The van der Waals surface area contributed by atoms with Gasteiger partial charge in [-0.1, -0.05) is 168 Å². The molecule has 0 aliphatic carbocycles. The zero-order chi connectivity index (χ0) is 36.2. The van der Waals surface area contributed by atoms with E-state index in [0.717, 1.165) is 38.5 Å². The number of carboxylic acid groups (broad SMARTS) is 1. The van der Waals surface area contributed by atoms with E-state index in [1.54, 1.807) is 0 Å². The smallest absolute Gasteiger partial charge is 0.480 e. The van der Waals surface area contributed by atoms with Gasteiger partial charge in [-0.3, -0.25) is 9.59 Å². The Balaban J connectivity index is 4.26. The lowest BCUT2D eigenvalue weighted by Crippen LogP contribution is -2.34. The van der Waals surface area contributed by atoms with Crippen molar-refractivity contribution in [3.63, 3.8) is 0 Å². The van der Waals surface area contributed by atoms with E-state index < -0.39 is 45.2 Å². The van der Waals surface area contributed by atoms with Crippen LogP contribution in [-0.2, 0) is 32.7 Å². The van der Waals surface area contributed by atoms with Gasteiger partial charge in [0.1, 0.15) is 19.3 Å². The molecule has 0 saturated carbocycles. The Hall–Kier alpha value is -1.16. The van der Waals surface area contributed by atoms with Crippen LogP contribution in [0.3, 0.4) is 0 Å². The third-order valence-corrected chi connectivity index (χ3v) is 9.57. The number of aliphatic carboxylic acids is 1. The lowest BCUT2D eigenvalue weighted by Gasteiger charge is -2.18. The fourth-order valence-corrected chi connectivity index (χ4v) is 6.33. The number of carbonyl (C=O) groups excluding carboxylic acids is 1. The number of hydrogen-bond donors (Lipinski definition) is 3. The van der Waals surface area contributed by atoms with Crippen LogP contribution >= 0.6 is 8.25 Å². The monoisotopic (exact) mass is 721 g/mol. The quantitative estimate of drug-likeness (QED) is 0.0242. The van der Waals surface area contributed by atoms with Gasteiger partial charge in [0.2, 0.25) is 0 Å². The predicted octanol–water partition coefficient (Wildman–Crippen LogP) is 10.3. The molecule has 10 nitrogen and oxygen atoms in total. The molecule has 0 amide bonds. The molecule has 49 heavy (non-hydrogen) atoms. The second-order valence-electron chi connectivity index (χ2n) is 13.7. The molecule has 0 radical (unpaired) electrons. The molecule has 4 atom stereocenters. The highest BCUT2D eigenvalue weighted by atomic mass is 31.1. The van der Waals surface area contributed by atoms with Gasteiger partial charge >= 0.3 is 20.2 Å². The maximum absolute atomic E-state index is 12.6. The van der Waals surface area contributed by atoms with Crippen LogP contribution in [0, 0.1) is 0 Å². The van der Waals surface area contributed by atoms with Crippen LogP contribution in [0.1, 0.15) is 194 Å². The summed E-state index contributed by atoms with van der Waals surface area (Å²) in [5.41, 5.74) is 5.37. The van der Waals surface area contributed by atoms with Gasteiger partial charge in [-0.2, -0.15) is 0 Å². The van der Waals surface area contributed by atoms with E-state index in [1.807, 2.05) is 0 Å². The number of carboxylic acids is 1. The Bertz CT molecular complexity index is 773. The van der Waals surface area contributed by atoms with Crippen LogP contribution < -0.4 is 5.73 Å². The van der Waals surface area contributed by atoms with E-state index in [9.17, 15) is 19.3 Å². The molecule has 0 spiro atoms. The fourth-order valence-electron chi connectivity index (χ4n) is 5.68. The van der Waals surface area contributed by atoms with Crippen molar-refractivity contribution in [1.82, 2.24) is 0 Å². The minimum Gasteiger partial charge on any atom is -0.480 e. The van der Waals surface area contributed by atoms with Crippen molar-refractivity contribution >= 4 is 20.2 Å². The van der Waals surface area contributed by atoms with Crippen molar-refractivity contribution in [2.45, 2.75) is 212 Å². The zero-order valence-electron chi connectivity index (χ0n) is 31.4. The van der Waals surface area contributed by atoms with Gasteiger partial charge < -0.3 is 25.4 Å². The Kier molecular flexibility index (Phi) is 35.8. The number of aliphatic hydroxyl groups excluding tert-OH is 1. The Morgan fingerprint density at radius 3 is 1.41 bits per heavy atom. The second kappa shape index (κ2) is 36.6. The van der Waals surface area contributed by atoms with E-state index in [4.69, 9.17) is 29.4 Å². The van der Waals surface area contributed by atoms with Gasteiger partial charge in [0.05, 0.1) is 6.61 Å². The predicted molar refractivity (Wildman–Crippen MR) is 198 cm³/mol. The first kappa shape index (κ1) is 47.8. The summed E-state index contributed by atoms with van der Waals surface area (Å²) >= 11 is 0. The molecule has 0 heterocycles. The highest BCUT2D eigenvalue weighted by Crippen LogP contribution is 2.25. The summed E-state index contributed by atoms with van der Waals surface area (Å²) in [5, 5.41) is 19.2. The van der Waals surface area contributed by atoms with Gasteiger partial charge in [0.25, 0.3) is 0 Å². The zero-order valence-corrected chi connectivity index (χ0v) is 32.3. The molecule has 290 valence electrons. The van der Waals surface area contributed by atoms with Crippen molar-refractivity contribution in [3.05, 3.63) is 0 Å². The number of unbranched alkanes of at least 4 members (excludes halogenated alkanes) is 24. The first-order valence-corrected chi connectivity index (χ1v) is 21.1. The van der Waals surface area contributed by atoms with Crippen LogP contribution in [0.2, 0.25) is 0 Å². The fraction of sp³-hybridized carbons (Fsp3) is 0.947. The van der Waals surface area contributed by atoms with E-state index >= 15 is 0 Å². The number of rotatable bonds is 39. The maximum Gasteiger partial charge on any atom is 0.697 e. The summed E-state index contributed by atoms with van der Waals surface area (Å²) < 4.78 is 33.2. The highest BCUT2D eigenvalue weighted by molar-refractivity contribution is 7.33. The number of ether oxygens (including phenoxy) is 2. The SMILES string of the molecule is CCCCCCCCCCCCCCCC(=O)O[C@H](COC(O)CCCCCCCCCCCCCCC)CO[P+](=O)OC[C@H](N)C(=O)O. The summed E-state index contributed by atoms with van der Waals surface area (Å²) in [6.07, 6.45) is 30.8. The summed E-state index contributed by atoms with van der Waals surface area (Å²) in [5.74, 6) is -1.69. The number of carbonyl (C=O) groups is 2. The number of hydrogen-bond acceptors (Lipinski definition) is 9. The van der Waals surface area contributed by atoms with Crippen molar-refractivity contribution in [1.29, 1.82) is 0 Å². The summed E-state index contributed by atoms with van der Waals surface area (Å²) in [6.45, 7) is 3.60. The molecule has 11 heteroatoms. The highest BCUT2D eigenvalue weighted by Gasteiger charge is 2.28. The van der Waals surface area contributed by atoms with Gasteiger partial charge in [-0.25, -0.2) is 0 Å². The number of aliphatic hydroxyl groups is 1. The first-order valence-electron chi connectivity index (χ1n) is 20.0. The average Bonchev–Trinajstić information content (AvgIpc) is 3.08. The van der Waals surface area contributed by atoms with Crippen molar-refractivity contribution in [2.24, 2.45) is 5.73 Å². The van der Waals surface area contributed by atoms with Gasteiger partial charge in [0, 0.05) is 11.0 Å². The number of esters is 1. The molecule has 0 fully saturated rings. The maximum atomic E-state index is 12.6. The lowest BCUT2D eigenvalue weighted by atomic mass is 10.0. The van der Waals surface area contributed by atoms with Crippen LogP contribution in [0.15, 0.2) is 0 Å². The summed E-state index contributed by atoms with van der Waals surface area (Å²) in [7, 11) is -2.68. The van der Waals surface area contributed by atoms with E-state index in [2.05, 4.69) is 13.8 Å². The van der Waals surface area contributed by atoms with Crippen LogP contribution in [0.4, 0.5) is 0 Å². The third kappa shape index (κ3) is 35.0. The number of nitrogens with two attached hydrogens (primary N) is 1. The third-order valence-electron chi connectivity index (χ3n) is 8.85. The van der Waals surface area contributed by atoms with Crippen LogP contribution in [0.5, 0.6) is 0 Å². The average molecular weight is 721 g/mol. The summed E-state index contributed by atoms with van der Waals surface area (Å²) in [4.78, 5) is 23.4. The van der Waals surface area contributed by atoms with Crippen LogP contribution in [0.25, 0.3) is 0 Å². The molecule has 0 aromatic heterocycles. The minimum atomic E-state index is -2.68.